The lowest BCUT2D eigenvalue weighted by Crippen LogP contribution is -2.02. The molecular weight excluding hydrogens is 376 g/mol. The van der Waals surface area contributed by atoms with E-state index in [1.807, 2.05) is 60.0 Å². The van der Waals surface area contributed by atoms with Crippen molar-refractivity contribution in [3.05, 3.63) is 76.4 Å². The second-order valence-electron chi connectivity index (χ2n) is 5.99. The maximum absolute atomic E-state index is 4.82. The summed E-state index contributed by atoms with van der Waals surface area (Å²) in [6.07, 6.45) is 0. The second kappa shape index (κ2) is 6.33. The number of halogens is 1. The van der Waals surface area contributed by atoms with Crippen LogP contribution in [0.1, 0.15) is 11.3 Å². The number of aromatic nitrogens is 3. The van der Waals surface area contributed by atoms with Gasteiger partial charge in [0.05, 0.1) is 5.69 Å². The van der Waals surface area contributed by atoms with E-state index in [1.165, 1.54) is 0 Å². The molecule has 0 spiro atoms. The molecule has 0 aliphatic carbocycles. The SMILES string of the molecule is Cc1cc(Nc2ccc(Br)cc2)n2nc(-c3ccccc3)c(C)c2n1. The van der Waals surface area contributed by atoms with E-state index in [9.17, 15) is 0 Å². The van der Waals surface area contributed by atoms with Crippen molar-refractivity contribution in [3.8, 4) is 11.3 Å². The summed E-state index contributed by atoms with van der Waals surface area (Å²) >= 11 is 3.47. The molecule has 0 radical (unpaired) electrons. The van der Waals surface area contributed by atoms with Crippen molar-refractivity contribution in [2.24, 2.45) is 0 Å². The van der Waals surface area contributed by atoms with Gasteiger partial charge in [-0.1, -0.05) is 46.3 Å². The molecule has 0 aliphatic heterocycles. The highest BCUT2D eigenvalue weighted by molar-refractivity contribution is 9.10. The van der Waals surface area contributed by atoms with Crippen LogP contribution in [-0.4, -0.2) is 14.6 Å². The number of aryl methyl sites for hydroxylation is 2. The van der Waals surface area contributed by atoms with Gasteiger partial charge in [-0.05, 0) is 38.1 Å². The molecule has 0 fully saturated rings. The Labute approximate surface area is 154 Å². The van der Waals surface area contributed by atoms with Gasteiger partial charge in [0.25, 0.3) is 0 Å². The van der Waals surface area contributed by atoms with Gasteiger partial charge < -0.3 is 5.32 Å². The average molecular weight is 393 g/mol. The minimum atomic E-state index is 0.874. The molecule has 0 amide bonds. The summed E-state index contributed by atoms with van der Waals surface area (Å²) in [7, 11) is 0. The van der Waals surface area contributed by atoms with Gasteiger partial charge in [0.15, 0.2) is 5.65 Å². The van der Waals surface area contributed by atoms with Crippen LogP contribution in [0.5, 0.6) is 0 Å². The third kappa shape index (κ3) is 3.03. The van der Waals surface area contributed by atoms with Crippen LogP contribution in [0.4, 0.5) is 11.5 Å². The minimum Gasteiger partial charge on any atom is -0.340 e. The van der Waals surface area contributed by atoms with E-state index in [0.717, 1.165) is 44.1 Å². The summed E-state index contributed by atoms with van der Waals surface area (Å²) in [5, 5.41) is 8.27. The largest absolute Gasteiger partial charge is 0.340 e. The molecule has 1 N–H and O–H groups in total. The van der Waals surface area contributed by atoms with Gasteiger partial charge in [0.1, 0.15) is 5.82 Å². The molecule has 0 atom stereocenters. The Hall–Kier alpha value is -2.66. The maximum atomic E-state index is 4.82. The van der Waals surface area contributed by atoms with E-state index < -0.39 is 0 Å². The lowest BCUT2D eigenvalue weighted by molar-refractivity contribution is 0.941. The Morgan fingerprint density at radius 3 is 2.40 bits per heavy atom. The van der Waals surface area contributed by atoms with Crippen LogP contribution in [0.25, 0.3) is 16.9 Å². The topological polar surface area (TPSA) is 42.2 Å². The predicted molar refractivity (Wildman–Crippen MR) is 105 cm³/mol. The van der Waals surface area contributed by atoms with E-state index >= 15 is 0 Å². The Kier molecular flexibility index (Phi) is 4.01. The van der Waals surface area contributed by atoms with Gasteiger partial charge in [-0.15, -0.1) is 0 Å². The molecule has 2 aromatic carbocycles. The number of anilines is 2. The third-order valence-corrected chi connectivity index (χ3v) is 4.64. The number of nitrogens with zero attached hydrogens (tertiary/aromatic N) is 3. The van der Waals surface area contributed by atoms with Crippen molar-refractivity contribution in [1.82, 2.24) is 14.6 Å². The first-order valence-electron chi connectivity index (χ1n) is 8.07. The lowest BCUT2D eigenvalue weighted by Gasteiger charge is -2.09. The van der Waals surface area contributed by atoms with E-state index in [2.05, 4.69) is 40.3 Å². The van der Waals surface area contributed by atoms with Crippen LogP contribution in [-0.2, 0) is 0 Å². The molecule has 0 bridgehead atoms. The van der Waals surface area contributed by atoms with E-state index in [1.54, 1.807) is 0 Å². The molecule has 5 heteroatoms. The van der Waals surface area contributed by atoms with E-state index in [0.29, 0.717) is 0 Å². The summed E-state index contributed by atoms with van der Waals surface area (Å²) in [6, 6.07) is 20.3. The molecule has 4 rings (SSSR count). The van der Waals surface area contributed by atoms with Crippen LogP contribution in [0.15, 0.2) is 65.1 Å². The van der Waals surface area contributed by atoms with Crippen LogP contribution in [0.3, 0.4) is 0 Å². The fourth-order valence-corrected chi connectivity index (χ4v) is 3.15. The smallest absolute Gasteiger partial charge is 0.161 e. The van der Waals surface area contributed by atoms with E-state index in [4.69, 9.17) is 10.1 Å². The average Bonchev–Trinajstić information content (AvgIpc) is 2.95. The normalized spacial score (nSPS) is 11.0. The summed E-state index contributed by atoms with van der Waals surface area (Å²) in [4.78, 5) is 4.69. The zero-order valence-electron chi connectivity index (χ0n) is 14.0. The van der Waals surface area contributed by atoms with Crippen molar-refractivity contribution >= 4 is 33.1 Å². The standard InChI is InChI=1S/C20H17BrN4/c1-13-12-18(23-17-10-8-16(21)9-11-17)25-20(22-13)14(2)19(24-25)15-6-4-3-5-7-15/h3-12,23H,1-2H3. The maximum Gasteiger partial charge on any atom is 0.161 e. The van der Waals surface area contributed by atoms with Gasteiger partial charge in [0, 0.05) is 33.0 Å². The highest BCUT2D eigenvalue weighted by Gasteiger charge is 2.15. The van der Waals surface area contributed by atoms with Gasteiger partial charge in [0.2, 0.25) is 0 Å². The van der Waals surface area contributed by atoms with Crippen LogP contribution < -0.4 is 5.32 Å². The number of benzene rings is 2. The minimum absolute atomic E-state index is 0.874. The van der Waals surface area contributed by atoms with Crippen LogP contribution >= 0.6 is 15.9 Å². The number of rotatable bonds is 3. The van der Waals surface area contributed by atoms with E-state index in [-0.39, 0.29) is 0 Å². The van der Waals surface area contributed by atoms with Crippen molar-refractivity contribution in [2.45, 2.75) is 13.8 Å². The van der Waals surface area contributed by atoms with Crippen molar-refractivity contribution in [3.63, 3.8) is 0 Å². The number of nitrogens with one attached hydrogen (secondary N) is 1. The zero-order valence-corrected chi connectivity index (χ0v) is 15.6. The molecular formula is C20H17BrN4. The summed E-state index contributed by atoms with van der Waals surface area (Å²) in [5.74, 6) is 0.898. The zero-order chi connectivity index (χ0) is 17.4. The first kappa shape index (κ1) is 15.8. The first-order valence-corrected chi connectivity index (χ1v) is 8.86. The predicted octanol–water partition coefficient (Wildman–Crippen LogP) is 5.52. The molecule has 0 saturated carbocycles. The fraction of sp³-hybridized carbons (Fsp3) is 0.100. The number of hydrogen-bond acceptors (Lipinski definition) is 3. The molecule has 25 heavy (non-hydrogen) atoms. The van der Waals surface area contributed by atoms with Crippen molar-refractivity contribution < 1.29 is 0 Å². The summed E-state index contributed by atoms with van der Waals surface area (Å²) < 4.78 is 2.93. The molecule has 4 aromatic rings. The number of fused-ring (bicyclic) bond motifs is 1. The first-order chi connectivity index (χ1) is 12.1. The Morgan fingerprint density at radius 2 is 1.68 bits per heavy atom. The highest BCUT2D eigenvalue weighted by Crippen LogP contribution is 2.28. The molecule has 2 aromatic heterocycles. The molecule has 0 unspecified atom stereocenters. The van der Waals surface area contributed by atoms with Crippen LogP contribution in [0.2, 0.25) is 0 Å². The fourth-order valence-electron chi connectivity index (χ4n) is 2.89. The highest BCUT2D eigenvalue weighted by atomic mass is 79.9. The molecule has 0 aliphatic rings. The molecule has 124 valence electrons. The Balaban J connectivity index is 1.86. The van der Waals surface area contributed by atoms with Crippen LogP contribution in [0, 0.1) is 13.8 Å². The Morgan fingerprint density at radius 1 is 0.960 bits per heavy atom. The van der Waals surface area contributed by atoms with Gasteiger partial charge in [-0.3, -0.25) is 0 Å². The lowest BCUT2D eigenvalue weighted by atomic mass is 10.1. The molecule has 2 heterocycles. The second-order valence-corrected chi connectivity index (χ2v) is 6.91. The van der Waals surface area contributed by atoms with Crippen molar-refractivity contribution in [2.75, 3.05) is 5.32 Å². The molecule has 4 nitrogen and oxygen atoms in total. The van der Waals surface area contributed by atoms with Crippen molar-refractivity contribution in [1.29, 1.82) is 0 Å². The number of hydrogen-bond donors (Lipinski definition) is 1. The summed E-state index contributed by atoms with van der Waals surface area (Å²) in [5.41, 5.74) is 5.96. The Bertz CT molecular complexity index is 1040. The third-order valence-electron chi connectivity index (χ3n) is 4.11. The van der Waals surface area contributed by atoms with Gasteiger partial charge >= 0.3 is 0 Å². The summed E-state index contributed by atoms with van der Waals surface area (Å²) in [6.45, 7) is 4.07. The van der Waals surface area contributed by atoms with Gasteiger partial charge in [-0.2, -0.15) is 9.61 Å². The monoisotopic (exact) mass is 392 g/mol. The van der Waals surface area contributed by atoms with Gasteiger partial charge in [-0.25, -0.2) is 4.98 Å². The quantitative estimate of drug-likeness (QED) is 0.499. The molecule has 0 saturated heterocycles.